The van der Waals surface area contributed by atoms with Crippen LogP contribution in [0.3, 0.4) is 0 Å². The lowest BCUT2D eigenvalue weighted by atomic mass is 10.1. The Morgan fingerprint density at radius 2 is 1.65 bits per heavy atom. The number of carbonyl (C=O) groups excluding carboxylic acids is 1. The first-order chi connectivity index (χ1) is 16.5. The third kappa shape index (κ3) is 6.02. The fourth-order valence-electron chi connectivity index (χ4n) is 3.36. The van der Waals surface area contributed by atoms with Crippen molar-refractivity contribution >= 4 is 17.7 Å². The van der Waals surface area contributed by atoms with E-state index in [9.17, 15) is 9.18 Å². The summed E-state index contributed by atoms with van der Waals surface area (Å²) in [5.41, 5.74) is 3.94. The number of hydrogen-bond acceptors (Lipinski definition) is 5. The highest BCUT2D eigenvalue weighted by Gasteiger charge is 2.16. The minimum Gasteiger partial charge on any atom is -0.497 e. The number of rotatable bonds is 9. The first kappa shape index (κ1) is 23.5. The Balaban J connectivity index is 1.48. The number of benzene rings is 3. The number of aromatic nitrogens is 3. The summed E-state index contributed by atoms with van der Waals surface area (Å²) in [5, 5.41) is 12.4. The molecule has 1 aromatic heterocycles. The first-order valence-corrected chi connectivity index (χ1v) is 11.8. The first-order valence-electron chi connectivity index (χ1n) is 10.8. The smallest absolute Gasteiger partial charge is 0.224 e. The van der Waals surface area contributed by atoms with Crippen molar-refractivity contribution in [2.75, 3.05) is 7.11 Å². The zero-order valence-electron chi connectivity index (χ0n) is 19.0. The molecule has 1 heterocycles. The Kier molecular flexibility index (Phi) is 7.59. The molecule has 0 fully saturated rings. The van der Waals surface area contributed by atoms with Crippen LogP contribution in [0.4, 0.5) is 4.39 Å². The van der Waals surface area contributed by atoms with Gasteiger partial charge in [0.05, 0.1) is 20.1 Å². The number of amides is 1. The number of aryl methyl sites for hydroxylation is 1. The number of ether oxygens (including phenoxy) is 1. The lowest BCUT2D eigenvalue weighted by Crippen LogP contribution is -2.26. The molecule has 3 aromatic carbocycles. The van der Waals surface area contributed by atoms with Crippen LogP contribution in [0.15, 0.2) is 78.0 Å². The molecule has 0 spiro atoms. The predicted molar refractivity (Wildman–Crippen MR) is 131 cm³/mol. The summed E-state index contributed by atoms with van der Waals surface area (Å²) in [6.45, 7) is 2.27. The minimum absolute atomic E-state index is 0.107. The largest absolute Gasteiger partial charge is 0.497 e. The molecule has 0 unspecified atom stereocenters. The van der Waals surface area contributed by atoms with Crippen molar-refractivity contribution in [1.82, 2.24) is 20.1 Å². The number of nitrogens with zero attached hydrogens (tertiary/aromatic N) is 3. The van der Waals surface area contributed by atoms with E-state index in [2.05, 4.69) is 15.5 Å². The molecule has 1 N–H and O–H groups in total. The van der Waals surface area contributed by atoms with Gasteiger partial charge in [-0.2, -0.15) is 0 Å². The van der Waals surface area contributed by atoms with Gasteiger partial charge in [0, 0.05) is 11.4 Å². The summed E-state index contributed by atoms with van der Waals surface area (Å²) in [6.07, 6.45) is 0.259. The molecule has 0 radical (unpaired) electrons. The van der Waals surface area contributed by atoms with Gasteiger partial charge in [0.2, 0.25) is 5.91 Å². The standard InChI is InChI=1S/C26H25FN4O2S/c1-18-3-11-22(12-4-18)31-24(16-28-25(32)15-19-7-13-23(33-2)14-8-19)29-30-26(31)34-17-20-5-9-21(27)10-6-20/h3-14H,15-17H2,1-2H3,(H,28,32). The molecule has 34 heavy (non-hydrogen) atoms. The molecule has 6 nitrogen and oxygen atoms in total. The maximum absolute atomic E-state index is 13.2. The molecule has 0 saturated heterocycles. The lowest BCUT2D eigenvalue weighted by molar-refractivity contribution is -0.120. The number of nitrogens with one attached hydrogen (secondary N) is 1. The van der Waals surface area contributed by atoms with E-state index in [0.29, 0.717) is 16.7 Å². The average Bonchev–Trinajstić information content (AvgIpc) is 3.26. The number of halogens is 1. The molecule has 0 saturated carbocycles. The third-order valence-corrected chi connectivity index (χ3v) is 6.24. The van der Waals surface area contributed by atoms with Crippen molar-refractivity contribution in [3.05, 3.63) is 101 Å². The molecule has 0 bridgehead atoms. The highest BCUT2D eigenvalue weighted by Crippen LogP contribution is 2.26. The van der Waals surface area contributed by atoms with Crippen molar-refractivity contribution in [2.45, 2.75) is 30.8 Å². The molecule has 8 heteroatoms. The van der Waals surface area contributed by atoms with E-state index in [4.69, 9.17) is 4.74 Å². The van der Waals surface area contributed by atoms with Crippen LogP contribution in [0.25, 0.3) is 5.69 Å². The normalized spacial score (nSPS) is 10.8. The summed E-state index contributed by atoms with van der Waals surface area (Å²) in [7, 11) is 1.61. The average molecular weight is 477 g/mol. The Labute approximate surface area is 202 Å². The zero-order chi connectivity index (χ0) is 23.9. The van der Waals surface area contributed by atoms with E-state index in [1.165, 1.54) is 23.9 Å². The van der Waals surface area contributed by atoms with Gasteiger partial charge in [-0.3, -0.25) is 9.36 Å². The highest BCUT2D eigenvalue weighted by molar-refractivity contribution is 7.98. The van der Waals surface area contributed by atoms with Gasteiger partial charge in [0.25, 0.3) is 0 Å². The van der Waals surface area contributed by atoms with Gasteiger partial charge in [-0.05, 0) is 54.4 Å². The van der Waals surface area contributed by atoms with Crippen molar-refractivity contribution in [3.63, 3.8) is 0 Å². The van der Waals surface area contributed by atoms with Gasteiger partial charge in [-0.1, -0.05) is 53.7 Å². The summed E-state index contributed by atoms with van der Waals surface area (Å²) in [5.74, 6) is 1.64. The SMILES string of the molecule is COc1ccc(CC(=O)NCc2nnc(SCc3ccc(F)cc3)n2-c2ccc(C)cc2)cc1. The van der Waals surface area contributed by atoms with Gasteiger partial charge in [-0.15, -0.1) is 10.2 Å². The van der Waals surface area contributed by atoms with Crippen LogP contribution in [0, 0.1) is 12.7 Å². The predicted octanol–water partition coefficient (Wildman–Crippen LogP) is 4.87. The van der Waals surface area contributed by atoms with Crippen molar-refractivity contribution in [3.8, 4) is 11.4 Å². The highest BCUT2D eigenvalue weighted by atomic mass is 32.2. The molecule has 0 aliphatic heterocycles. The van der Waals surface area contributed by atoms with Gasteiger partial charge < -0.3 is 10.1 Å². The maximum Gasteiger partial charge on any atom is 0.224 e. The fourth-order valence-corrected chi connectivity index (χ4v) is 4.29. The van der Waals surface area contributed by atoms with Crippen LogP contribution in [-0.4, -0.2) is 27.8 Å². The van der Waals surface area contributed by atoms with Crippen molar-refractivity contribution in [2.24, 2.45) is 0 Å². The quantitative estimate of drug-likeness (QED) is 0.349. The van der Waals surface area contributed by atoms with E-state index >= 15 is 0 Å². The van der Waals surface area contributed by atoms with Crippen LogP contribution in [0.5, 0.6) is 5.75 Å². The summed E-state index contributed by atoms with van der Waals surface area (Å²) >= 11 is 1.51. The maximum atomic E-state index is 13.2. The van der Waals surface area contributed by atoms with E-state index in [1.807, 2.05) is 60.0 Å². The second-order valence-corrected chi connectivity index (χ2v) is 8.73. The molecular formula is C26H25FN4O2S. The second kappa shape index (κ2) is 11.0. The Morgan fingerprint density at radius 3 is 2.32 bits per heavy atom. The van der Waals surface area contributed by atoms with Gasteiger partial charge in [0.15, 0.2) is 11.0 Å². The second-order valence-electron chi connectivity index (χ2n) is 7.79. The topological polar surface area (TPSA) is 69.0 Å². The van der Waals surface area contributed by atoms with E-state index in [0.717, 1.165) is 28.1 Å². The van der Waals surface area contributed by atoms with Crippen LogP contribution in [0.1, 0.15) is 22.5 Å². The van der Waals surface area contributed by atoms with Crippen LogP contribution >= 0.6 is 11.8 Å². The van der Waals surface area contributed by atoms with E-state index in [-0.39, 0.29) is 24.7 Å². The minimum atomic E-state index is -0.260. The van der Waals surface area contributed by atoms with Crippen molar-refractivity contribution < 1.29 is 13.9 Å². The van der Waals surface area contributed by atoms with Crippen LogP contribution < -0.4 is 10.1 Å². The fraction of sp³-hybridized carbons (Fsp3) is 0.192. The van der Waals surface area contributed by atoms with E-state index in [1.54, 1.807) is 19.2 Å². The Hall–Kier alpha value is -3.65. The van der Waals surface area contributed by atoms with Gasteiger partial charge in [0.1, 0.15) is 11.6 Å². The molecule has 0 atom stereocenters. The number of hydrogen-bond donors (Lipinski definition) is 1. The van der Waals surface area contributed by atoms with Crippen LogP contribution in [-0.2, 0) is 23.5 Å². The van der Waals surface area contributed by atoms with Crippen molar-refractivity contribution in [1.29, 1.82) is 0 Å². The summed E-state index contributed by atoms with van der Waals surface area (Å²) < 4.78 is 20.3. The number of carbonyl (C=O) groups is 1. The molecule has 0 aliphatic carbocycles. The Bertz CT molecular complexity index is 1240. The van der Waals surface area contributed by atoms with Crippen LogP contribution in [0.2, 0.25) is 0 Å². The summed E-state index contributed by atoms with van der Waals surface area (Å²) in [4.78, 5) is 12.5. The summed E-state index contributed by atoms with van der Waals surface area (Å²) in [6, 6.07) is 21.9. The van der Waals surface area contributed by atoms with E-state index < -0.39 is 0 Å². The molecule has 4 aromatic rings. The molecule has 1 amide bonds. The molecule has 174 valence electrons. The molecule has 0 aliphatic rings. The third-order valence-electron chi connectivity index (χ3n) is 5.24. The number of thioether (sulfide) groups is 1. The number of methoxy groups -OCH3 is 1. The van der Waals surface area contributed by atoms with Gasteiger partial charge >= 0.3 is 0 Å². The Morgan fingerprint density at radius 1 is 0.971 bits per heavy atom. The lowest BCUT2D eigenvalue weighted by Gasteiger charge is -2.11. The monoisotopic (exact) mass is 476 g/mol. The molecular weight excluding hydrogens is 451 g/mol. The van der Waals surface area contributed by atoms with Gasteiger partial charge in [-0.25, -0.2) is 4.39 Å². The molecule has 4 rings (SSSR count). The zero-order valence-corrected chi connectivity index (χ0v) is 19.8.